The first-order chi connectivity index (χ1) is 6.72. The summed E-state index contributed by atoms with van der Waals surface area (Å²) in [4.78, 5) is 0. The Morgan fingerprint density at radius 1 is 1.14 bits per heavy atom. The van der Waals surface area contributed by atoms with Crippen LogP contribution in [0.3, 0.4) is 0 Å². The molecule has 6 nitrogen and oxygen atoms in total. The predicted molar refractivity (Wildman–Crippen MR) is 43.2 cm³/mol. The lowest BCUT2D eigenvalue weighted by atomic mass is 9.81. The summed E-state index contributed by atoms with van der Waals surface area (Å²) in [5.74, 6) is 0. The summed E-state index contributed by atoms with van der Waals surface area (Å²) in [5.41, 5.74) is 5.88. The molecule has 4 fully saturated rings. The van der Waals surface area contributed by atoms with Crippen LogP contribution < -0.4 is 5.73 Å². The maximum atomic E-state index is 9.83. The average Bonchev–Trinajstić information content (AvgIpc) is 2.20. The molecule has 3 heterocycles. The molecular formula is C8H13NO5. The molecule has 0 aromatic rings. The van der Waals surface area contributed by atoms with E-state index in [4.69, 9.17) is 24.7 Å². The van der Waals surface area contributed by atoms with Gasteiger partial charge in [0, 0.05) is 7.11 Å². The van der Waals surface area contributed by atoms with Crippen molar-refractivity contribution in [3.8, 4) is 0 Å². The van der Waals surface area contributed by atoms with Crippen LogP contribution in [0.5, 0.6) is 0 Å². The van der Waals surface area contributed by atoms with Crippen LogP contribution >= 0.6 is 0 Å². The molecule has 0 unspecified atom stereocenters. The van der Waals surface area contributed by atoms with Crippen LogP contribution in [0.4, 0.5) is 0 Å². The first-order valence-corrected chi connectivity index (χ1v) is 4.65. The molecule has 3 saturated heterocycles. The van der Waals surface area contributed by atoms with Crippen LogP contribution in [0, 0.1) is 0 Å². The normalized spacial score (nSPS) is 60.6. The smallest absolute Gasteiger partial charge is 0.272 e. The van der Waals surface area contributed by atoms with Crippen LogP contribution in [0.1, 0.15) is 0 Å². The fraction of sp³-hybridized carbons (Fsp3) is 1.00. The SMILES string of the molecule is CO[C@H]1[C@@H]2O[C@H]3O[C@H]([C@@H]2N)[C@@H](O)[C@@H]1O3. The second-order valence-electron chi connectivity index (χ2n) is 3.86. The zero-order valence-corrected chi connectivity index (χ0v) is 7.70. The Hall–Kier alpha value is -0.240. The molecule has 1 aliphatic carbocycles. The monoisotopic (exact) mass is 203 g/mol. The zero-order valence-electron chi connectivity index (χ0n) is 7.70. The molecule has 0 aromatic heterocycles. The Kier molecular flexibility index (Phi) is 1.85. The van der Waals surface area contributed by atoms with Crippen molar-refractivity contribution in [1.82, 2.24) is 0 Å². The fourth-order valence-corrected chi connectivity index (χ4v) is 2.45. The van der Waals surface area contributed by atoms with Gasteiger partial charge in [-0.05, 0) is 0 Å². The van der Waals surface area contributed by atoms with Crippen LogP contribution in [-0.4, -0.2) is 55.3 Å². The van der Waals surface area contributed by atoms with Crippen molar-refractivity contribution < 1.29 is 24.1 Å². The Morgan fingerprint density at radius 3 is 2.50 bits per heavy atom. The fourth-order valence-electron chi connectivity index (χ4n) is 2.45. The molecule has 3 N–H and O–H groups in total. The quantitative estimate of drug-likeness (QED) is 0.521. The third-order valence-corrected chi connectivity index (χ3v) is 3.16. The van der Waals surface area contributed by atoms with Crippen LogP contribution in [0.25, 0.3) is 0 Å². The number of rotatable bonds is 1. The van der Waals surface area contributed by atoms with E-state index in [1.54, 1.807) is 7.11 Å². The van der Waals surface area contributed by atoms with Crippen LogP contribution in [0.15, 0.2) is 0 Å². The van der Waals surface area contributed by atoms with Crippen molar-refractivity contribution in [2.45, 2.75) is 43.0 Å². The molecule has 0 aromatic carbocycles. The molecule has 4 aliphatic rings. The van der Waals surface area contributed by atoms with Crippen LogP contribution in [0.2, 0.25) is 0 Å². The number of aliphatic hydroxyl groups excluding tert-OH is 1. The lowest BCUT2D eigenvalue weighted by Crippen LogP contribution is -2.77. The highest BCUT2D eigenvalue weighted by Crippen LogP contribution is 2.39. The Morgan fingerprint density at radius 2 is 1.79 bits per heavy atom. The minimum atomic E-state index is -0.730. The van der Waals surface area contributed by atoms with Gasteiger partial charge in [0.1, 0.15) is 30.5 Å². The van der Waals surface area contributed by atoms with E-state index < -0.39 is 18.7 Å². The molecule has 0 amide bonds. The van der Waals surface area contributed by atoms with E-state index in [0.717, 1.165) is 0 Å². The Balaban J connectivity index is 1.94. The van der Waals surface area contributed by atoms with Gasteiger partial charge < -0.3 is 29.8 Å². The summed E-state index contributed by atoms with van der Waals surface area (Å²) < 4.78 is 21.2. The molecule has 0 spiro atoms. The first-order valence-electron chi connectivity index (χ1n) is 4.65. The van der Waals surface area contributed by atoms with E-state index in [1.807, 2.05) is 0 Å². The van der Waals surface area contributed by atoms with E-state index in [2.05, 4.69) is 0 Å². The highest BCUT2D eigenvalue weighted by Gasteiger charge is 2.60. The van der Waals surface area contributed by atoms with Crippen molar-refractivity contribution in [2.24, 2.45) is 5.73 Å². The highest BCUT2D eigenvalue weighted by molar-refractivity contribution is 5.07. The summed E-state index contributed by atoms with van der Waals surface area (Å²) in [6.45, 7) is -0.690. The Labute approximate surface area is 80.9 Å². The van der Waals surface area contributed by atoms with Gasteiger partial charge in [0.2, 0.25) is 0 Å². The van der Waals surface area contributed by atoms with Crippen molar-refractivity contribution in [1.29, 1.82) is 0 Å². The molecule has 80 valence electrons. The van der Waals surface area contributed by atoms with Gasteiger partial charge in [0.05, 0.1) is 6.04 Å². The summed E-state index contributed by atoms with van der Waals surface area (Å²) in [6, 6.07) is -0.355. The van der Waals surface area contributed by atoms with Crippen molar-refractivity contribution in [3.63, 3.8) is 0 Å². The van der Waals surface area contributed by atoms with Gasteiger partial charge >= 0.3 is 0 Å². The largest absolute Gasteiger partial charge is 0.388 e. The first kappa shape index (κ1) is 9.02. The number of aliphatic hydroxyl groups is 1. The number of hydrogen-bond donors (Lipinski definition) is 2. The second-order valence-corrected chi connectivity index (χ2v) is 3.86. The van der Waals surface area contributed by atoms with E-state index in [-0.39, 0.29) is 24.4 Å². The standard InChI is InChI=1S/C8H13NO5/c1-11-7-5-2(9)4-3(10)6(7)14-8(12-4)13-5/h2-8,10H,9H2,1H3/t2-,3+,4+,5+,6-,7-,8+/m0/s1. The van der Waals surface area contributed by atoms with Gasteiger partial charge in [-0.3, -0.25) is 0 Å². The lowest BCUT2D eigenvalue weighted by molar-refractivity contribution is -0.468. The number of nitrogens with two attached hydrogens (primary N) is 1. The average molecular weight is 203 g/mol. The van der Waals surface area contributed by atoms with Gasteiger partial charge in [-0.2, -0.15) is 0 Å². The van der Waals surface area contributed by atoms with E-state index in [0.29, 0.717) is 0 Å². The second kappa shape index (κ2) is 2.88. The number of ether oxygens (including phenoxy) is 4. The molecule has 4 rings (SSSR count). The zero-order chi connectivity index (χ0) is 9.87. The molecule has 4 bridgehead atoms. The van der Waals surface area contributed by atoms with E-state index in [9.17, 15) is 5.11 Å². The molecule has 0 radical (unpaired) electrons. The maximum Gasteiger partial charge on any atom is 0.272 e. The summed E-state index contributed by atoms with van der Waals surface area (Å²) in [7, 11) is 1.56. The third-order valence-electron chi connectivity index (χ3n) is 3.16. The molecule has 3 aliphatic heterocycles. The minimum Gasteiger partial charge on any atom is -0.388 e. The molecule has 14 heavy (non-hydrogen) atoms. The van der Waals surface area contributed by atoms with Gasteiger partial charge in [0.15, 0.2) is 0 Å². The van der Waals surface area contributed by atoms with Crippen molar-refractivity contribution in [2.75, 3.05) is 7.11 Å². The minimum absolute atomic E-state index is 0.245. The van der Waals surface area contributed by atoms with Gasteiger partial charge in [-0.25, -0.2) is 0 Å². The van der Waals surface area contributed by atoms with Gasteiger partial charge in [-0.15, -0.1) is 0 Å². The molecule has 1 saturated carbocycles. The van der Waals surface area contributed by atoms with Crippen molar-refractivity contribution >= 4 is 0 Å². The lowest BCUT2D eigenvalue weighted by Gasteiger charge is -2.57. The molecular weight excluding hydrogens is 190 g/mol. The molecule has 7 atom stereocenters. The van der Waals surface area contributed by atoms with E-state index >= 15 is 0 Å². The predicted octanol–water partition coefficient (Wildman–Crippen LogP) is -1.83. The number of methoxy groups -OCH3 is 1. The summed E-state index contributed by atoms with van der Waals surface area (Å²) in [6.07, 6.45) is -2.07. The maximum absolute atomic E-state index is 9.83. The summed E-state index contributed by atoms with van der Waals surface area (Å²) >= 11 is 0. The highest BCUT2D eigenvalue weighted by atomic mass is 16.9. The van der Waals surface area contributed by atoms with Gasteiger partial charge in [-0.1, -0.05) is 0 Å². The van der Waals surface area contributed by atoms with Crippen molar-refractivity contribution in [3.05, 3.63) is 0 Å². The molecule has 6 heteroatoms. The Bertz CT molecular complexity index is 230. The van der Waals surface area contributed by atoms with E-state index in [1.165, 1.54) is 0 Å². The van der Waals surface area contributed by atoms with Crippen LogP contribution in [-0.2, 0) is 18.9 Å². The topological polar surface area (TPSA) is 83.2 Å². The summed E-state index contributed by atoms with van der Waals surface area (Å²) in [5, 5.41) is 9.83. The number of hydrogen-bond acceptors (Lipinski definition) is 6. The third kappa shape index (κ3) is 0.955. The van der Waals surface area contributed by atoms with Gasteiger partial charge in [0.25, 0.3) is 6.48 Å².